The Hall–Kier alpha value is -2.54. The number of piperidine rings is 1. The molecule has 0 N–H and O–H groups in total. The van der Waals surface area contributed by atoms with E-state index in [4.69, 9.17) is 4.74 Å². The number of benzene rings is 2. The molecule has 0 aliphatic carbocycles. The molecule has 1 atom stereocenters. The Labute approximate surface area is 173 Å². The zero-order valence-corrected chi connectivity index (χ0v) is 18.0. The quantitative estimate of drug-likeness (QED) is 0.725. The molecule has 29 heavy (non-hydrogen) atoms. The zero-order chi connectivity index (χ0) is 21.0. The number of anilines is 1. The van der Waals surface area contributed by atoms with Crippen molar-refractivity contribution in [3.63, 3.8) is 0 Å². The lowest BCUT2D eigenvalue weighted by Gasteiger charge is -2.32. The Morgan fingerprint density at radius 2 is 1.79 bits per heavy atom. The summed E-state index contributed by atoms with van der Waals surface area (Å²) >= 11 is 0. The highest BCUT2D eigenvalue weighted by Crippen LogP contribution is 2.22. The molecule has 1 saturated heterocycles. The number of hydrogen-bond acceptors (Lipinski definition) is 4. The van der Waals surface area contributed by atoms with Crippen molar-refractivity contribution >= 4 is 21.6 Å². The first-order chi connectivity index (χ1) is 13.7. The molecule has 6 nitrogen and oxygen atoms in total. The van der Waals surface area contributed by atoms with Crippen molar-refractivity contribution in [2.24, 2.45) is 5.92 Å². The molecule has 1 heterocycles. The number of likely N-dealkylation sites (tertiary alicyclic amines) is 1. The maximum Gasteiger partial charge on any atom is 0.253 e. The first-order valence-corrected chi connectivity index (χ1v) is 11.6. The number of ether oxygens (including phenoxy) is 1. The number of carbonyl (C=O) groups is 1. The van der Waals surface area contributed by atoms with Crippen molar-refractivity contribution in [3.8, 4) is 5.75 Å². The second-order valence-electron chi connectivity index (χ2n) is 7.66. The van der Waals surface area contributed by atoms with Crippen molar-refractivity contribution in [1.29, 1.82) is 0 Å². The maximum atomic E-state index is 12.9. The summed E-state index contributed by atoms with van der Waals surface area (Å²) in [6.45, 7) is 4.02. The summed E-state index contributed by atoms with van der Waals surface area (Å²) in [5, 5.41) is 0. The van der Waals surface area contributed by atoms with Crippen molar-refractivity contribution in [1.82, 2.24) is 4.90 Å². The molecule has 2 aromatic rings. The summed E-state index contributed by atoms with van der Waals surface area (Å²) in [6.07, 6.45) is 3.13. The Kier molecular flexibility index (Phi) is 6.47. The van der Waals surface area contributed by atoms with Crippen LogP contribution in [0.3, 0.4) is 0 Å². The second kappa shape index (κ2) is 8.86. The average Bonchev–Trinajstić information content (AvgIpc) is 2.72. The number of hydrogen-bond donors (Lipinski definition) is 0. The van der Waals surface area contributed by atoms with Gasteiger partial charge in [0.25, 0.3) is 5.91 Å². The molecule has 1 aliphatic heterocycles. The normalized spacial score (nSPS) is 17.1. The lowest BCUT2D eigenvalue weighted by molar-refractivity contribution is 0.0633. The van der Waals surface area contributed by atoms with Crippen molar-refractivity contribution in [2.75, 3.05) is 37.3 Å². The van der Waals surface area contributed by atoms with E-state index in [0.717, 1.165) is 31.4 Å². The lowest BCUT2D eigenvalue weighted by atomic mass is 9.98. The van der Waals surface area contributed by atoms with Gasteiger partial charge in [-0.25, -0.2) is 8.42 Å². The van der Waals surface area contributed by atoms with Crippen molar-refractivity contribution < 1.29 is 17.9 Å². The molecule has 156 valence electrons. The summed E-state index contributed by atoms with van der Waals surface area (Å²) in [5.74, 6) is 1.12. The van der Waals surface area contributed by atoms with E-state index in [1.54, 1.807) is 24.3 Å². The summed E-state index contributed by atoms with van der Waals surface area (Å²) in [7, 11) is -1.83. The van der Waals surface area contributed by atoms with Gasteiger partial charge in [-0.05, 0) is 56.2 Å². The first-order valence-electron chi connectivity index (χ1n) is 9.77. The number of aryl methyl sites for hydroxylation is 1. The number of nitrogens with zero attached hydrogens (tertiary/aromatic N) is 2. The fourth-order valence-corrected chi connectivity index (χ4v) is 3.93. The minimum Gasteiger partial charge on any atom is -0.493 e. The Balaban J connectivity index is 1.59. The van der Waals surface area contributed by atoms with Gasteiger partial charge in [0.15, 0.2) is 0 Å². The molecule has 0 spiro atoms. The monoisotopic (exact) mass is 416 g/mol. The van der Waals surface area contributed by atoms with Gasteiger partial charge in [-0.1, -0.05) is 17.7 Å². The van der Waals surface area contributed by atoms with E-state index >= 15 is 0 Å². The van der Waals surface area contributed by atoms with Crippen LogP contribution in [0.1, 0.15) is 28.8 Å². The summed E-state index contributed by atoms with van der Waals surface area (Å²) in [5.41, 5.74) is 2.29. The zero-order valence-electron chi connectivity index (χ0n) is 17.2. The van der Waals surface area contributed by atoms with Gasteiger partial charge in [0.1, 0.15) is 5.75 Å². The largest absolute Gasteiger partial charge is 0.493 e. The first kappa shape index (κ1) is 21.2. The maximum absolute atomic E-state index is 12.9. The minimum atomic E-state index is -3.32. The Bertz CT molecular complexity index is 940. The highest BCUT2D eigenvalue weighted by Gasteiger charge is 2.25. The van der Waals surface area contributed by atoms with E-state index < -0.39 is 10.0 Å². The van der Waals surface area contributed by atoms with Gasteiger partial charge in [-0.15, -0.1) is 0 Å². The van der Waals surface area contributed by atoms with Crippen LogP contribution in [0.2, 0.25) is 0 Å². The van der Waals surface area contributed by atoms with E-state index in [0.29, 0.717) is 30.3 Å². The highest BCUT2D eigenvalue weighted by molar-refractivity contribution is 7.92. The smallest absolute Gasteiger partial charge is 0.253 e. The van der Waals surface area contributed by atoms with E-state index in [2.05, 4.69) is 0 Å². The number of sulfonamides is 1. The summed E-state index contributed by atoms with van der Waals surface area (Å²) < 4.78 is 30.4. The van der Waals surface area contributed by atoms with Crippen LogP contribution in [0.15, 0.2) is 48.5 Å². The highest BCUT2D eigenvalue weighted by atomic mass is 32.2. The van der Waals surface area contributed by atoms with Crippen LogP contribution in [0.4, 0.5) is 5.69 Å². The van der Waals surface area contributed by atoms with Gasteiger partial charge in [0.2, 0.25) is 10.0 Å². The molecule has 1 aliphatic rings. The molecule has 7 heteroatoms. The van der Waals surface area contributed by atoms with Gasteiger partial charge >= 0.3 is 0 Å². The second-order valence-corrected chi connectivity index (χ2v) is 9.67. The van der Waals surface area contributed by atoms with E-state index in [1.807, 2.05) is 36.1 Å². The van der Waals surface area contributed by atoms with Crippen LogP contribution in [-0.2, 0) is 10.0 Å². The van der Waals surface area contributed by atoms with Crippen LogP contribution in [0.25, 0.3) is 0 Å². The molecule has 1 unspecified atom stereocenters. The SMILES string of the molecule is Cc1ccc(OCC2CCCN(C(=O)c3ccc(N(C)S(C)(=O)=O)cc3)C2)cc1. The molecule has 2 aromatic carbocycles. The number of rotatable bonds is 6. The average molecular weight is 417 g/mol. The number of carbonyl (C=O) groups excluding carboxylic acids is 1. The van der Waals surface area contributed by atoms with Crippen LogP contribution < -0.4 is 9.04 Å². The Morgan fingerprint density at radius 1 is 1.14 bits per heavy atom. The predicted octanol–water partition coefficient (Wildman–Crippen LogP) is 3.32. The van der Waals surface area contributed by atoms with Crippen LogP contribution >= 0.6 is 0 Å². The fraction of sp³-hybridized carbons (Fsp3) is 0.409. The third-order valence-electron chi connectivity index (χ3n) is 5.29. The molecular weight excluding hydrogens is 388 g/mol. The minimum absolute atomic E-state index is 0.0291. The van der Waals surface area contributed by atoms with E-state index in [9.17, 15) is 13.2 Å². The molecule has 0 radical (unpaired) electrons. The molecular formula is C22H28N2O4S. The molecule has 1 amide bonds. The van der Waals surface area contributed by atoms with Gasteiger partial charge < -0.3 is 9.64 Å². The van der Waals surface area contributed by atoms with Crippen LogP contribution in [0, 0.1) is 12.8 Å². The summed E-state index contributed by atoms with van der Waals surface area (Å²) in [4.78, 5) is 14.8. The molecule has 0 aromatic heterocycles. The van der Waals surface area contributed by atoms with Gasteiger partial charge in [0.05, 0.1) is 18.6 Å². The lowest BCUT2D eigenvalue weighted by Crippen LogP contribution is -2.41. The standard InChI is InChI=1S/C22H28N2O4S/c1-17-6-12-21(13-7-17)28-16-18-5-4-14-24(15-18)22(25)19-8-10-20(11-9-19)23(2)29(3,26)27/h6-13,18H,4-5,14-16H2,1-3H3. The molecule has 0 bridgehead atoms. The molecule has 3 rings (SSSR count). The van der Waals surface area contributed by atoms with Gasteiger partial charge in [0, 0.05) is 31.6 Å². The molecule has 0 saturated carbocycles. The summed E-state index contributed by atoms with van der Waals surface area (Å²) in [6, 6.07) is 14.7. The van der Waals surface area contributed by atoms with E-state index in [1.165, 1.54) is 16.9 Å². The third-order valence-corrected chi connectivity index (χ3v) is 6.49. The van der Waals surface area contributed by atoms with Gasteiger partial charge in [-0.2, -0.15) is 0 Å². The van der Waals surface area contributed by atoms with E-state index in [-0.39, 0.29) is 5.91 Å². The fourth-order valence-electron chi connectivity index (χ4n) is 3.42. The van der Waals surface area contributed by atoms with Crippen LogP contribution in [0.5, 0.6) is 5.75 Å². The van der Waals surface area contributed by atoms with Crippen molar-refractivity contribution in [2.45, 2.75) is 19.8 Å². The third kappa shape index (κ3) is 5.50. The predicted molar refractivity (Wildman–Crippen MR) is 115 cm³/mol. The topological polar surface area (TPSA) is 66.9 Å². The van der Waals surface area contributed by atoms with Gasteiger partial charge in [-0.3, -0.25) is 9.10 Å². The molecule has 1 fully saturated rings. The van der Waals surface area contributed by atoms with Crippen molar-refractivity contribution in [3.05, 3.63) is 59.7 Å². The number of amides is 1. The van der Waals surface area contributed by atoms with Crippen LogP contribution in [-0.4, -0.2) is 52.2 Å². The Morgan fingerprint density at radius 3 is 2.41 bits per heavy atom.